The van der Waals surface area contributed by atoms with Crippen LogP contribution in [0.2, 0.25) is 0 Å². The number of pyridine rings is 1. The van der Waals surface area contributed by atoms with Gasteiger partial charge in [-0.2, -0.15) is 0 Å². The van der Waals surface area contributed by atoms with E-state index in [4.69, 9.17) is 11.6 Å². The van der Waals surface area contributed by atoms with Crippen LogP contribution in [-0.2, 0) is 0 Å². The molecule has 0 N–H and O–H groups in total. The predicted molar refractivity (Wildman–Crippen MR) is 55.0 cm³/mol. The van der Waals surface area contributed by atoms with E-state index in [1.807, 2.05) is 12.4 Å². The first-order chi connectivity index (χ1) is 6.18. The standard InChI is InChI=1S/C11H14ClN/c1-11(2)9(7-12)10(11)8-3-5-13-6-4-8/h3-6,9-10H,7H2,1-2H3. The lowest BCUT2D eigenvalue weighted by atomic mass is 10.0. The molecule has 0 saturated heterocycles. The number of nitrogens with zero attached hydrogens (tertiary/aromatic N) is 1. The fraction of sp³-hybridized carbons (Fsp3) is 0.545. The van der Waals surface area contributed by atoms with Crippen molar-refractivity contribution in [3.8, 4) is 0 Å². The molecule has 1 nitrogen and oxygen atoms in total. The number of halogens is 1. The Morgan fingerprint density at radius 1 is 1.38 bits per heavy atom. The molecule has 1 aromatic rings. The largest absolute Gasteiger partial charge is 0.265 e. The molecular weight excluding hydrogens is 182 g/mol. The van der Waals surface area contributed by atoms with Gasteiger partial charge in [0.2, 0.25) is 0 Å². The summed E-state index contributed by atoms with van der Waals surface area (Å²) >= 11 is 5.91. The summed E-state index contributed by atoms with van der Waals surface area (Å²) in [4.78, 5) is 4.02. The maximum atomic E-state index is 5.91. The summed E-state index contributed by atoms with van der Waals surface area (Å²) in [5.41, 5.74) is 1.76. The van der Waals surface area contributed by atoms with Crippen LogP contribution in [0.15, 0.2) is 24.5 Å². The molecule has 2 atom stereocenters. The van der Waals surface area contributed by atoms with Crippen molar-refractivity contribution in [2.75, 3.05) is 5.88 Å². The minimum Gasteiger partial charge on any atom is -0.265 e. The Morgan fingerprint density at radius 3 is 2.46 bits per heavy atom. The van der Waals surface area contributed by atoms with Crippen LogP contribution < -0.4 is 0 Å². The molecule has 0 aliphatic heterocycles. The third kappa shape index (κ3) is 1.35. The fourth-order valence-corrected chi connectivity index (χ4v) is 2.84. The average molecular weight is 196 g/mol. The zero-order chi connectivity index (χ0) is 9.47. The van der Waals surface area contributed by atoms with Gasteiger partial charge >= 0.3 is 0 Å². The summed E-state index contributed by atoms with van der Waals surface area (Å²) in [5, 5.41) is 0. The number of hydrogen-bond acceptors (Lipinski definition) is 1. The average Bonchev–Trinajstić information content (AvgIpc) is 2.69. The van der Waals surface area contributed by atoms with Crippen molar-refractivity contribution in [2.45, 2.75) is 19.8 Å². The van der Waals surface area contributed by atoms with E-state index in [9.17, 15) is 0 Å². The SMILES string of the molecule is CC1(C)C(CCl)C1c1ccncc1. The van der Waals surface area contributed by atoms with Gasteiger partial charge in [0.25, 0.3) is 0 Å². The fourth-order valence-electron chi connectivity index (χ4n) is 2.26. The highest BCUT2D eigenvalue weighted by molar-refractivity contribution is 6.18. The second kappa shape index (κ2) is 2.98. The van der Waals surface area contributed by atoms with Crippen LogP contribution in [0.25, 0.3) is 0 Å². The Labute approximate surface area is 84.1 Å². The van der Waals surface area contributed by atoms with Crippen molar-refractivity contribution in [2.24, 2.45) is 11.3 Å². The minimum atomic E-state index is 0.378. The molecule has 2 heteroatoms. The molecular formula is C11H14ClN. The van der Waals surface area contributed by atoms with Crippen LogP contribution in [0.4, 0.5) is 0 Å². The third-order valence-corrected chi connectivity index (χ3v) is 3.61. The van der Waals surface area contributed by atoms with E-state index in [1.165, 1.54) is 5.56 Å². The Hall–Kier alpha value is -0.560. The van der Waals surface area contributed by atoms with Gasteiger partial charge in [0.15, 0.2) is 0 Å². The van der Waals surface area contributed by atoms with Crippen molar-refractivity contribution in [1.29, 1.82) is 0 Å². The molecule has 1 aliphatic carbocycles. The van der Waals surface area contributed by atoms with E-state index in [1.54, 1.807) is 0 Å². The van der Waals surface area contributed by atoms with Gasteiger partial charge in [0.1, 0.15) is 0 Å². The quantitative estimate of drug-likeness (QED) is 0.661. The van der Waals surface area contributed by atoms with Crippen molar-refractivity contribution in [3.63, 3.8) is 0 Å². The summed E-state index contributed by atoms with van der Waals surface area (Å²) in [6.45, 7) is 4.57. The van der Waals surface area contributed by atoms with Crippen LogP contribution in [-0.4, -0.2) is 10.9 Å². The first kappa shape index (κ1) is 9.01. The lowest BCUT2D eigenvalue weighted by molar-refractivity contribution is 0.577. The highest BCUT2D eigenvalue weighted by Gasteiger charge is 2.57. The molecule has 0 bridgehead atoms. The Balaban J connectivity index is 2.22. The highest BCUT2D eigenvalue weighted by Crippen LogP contribution is 2.64. The van der Waals surface area contributed by atoms with Crippen LogP contribution in [0, 0.1) is 11.3 Å². The molecule has 1 aliphatic rings. The maximum Gasteiger partial charge on any atom is 0.0270 e. The molecule has 2 rings (SSSR count). The van der Waals surface area contributed by atoms with Gasteiger partial charge in [-0.05, 0) is 34.9 Å². The van der Waals surface area contributed by atoms with Gasteiger partial charge in [-0.1, -0.05) is 13.8 Å². The van der Waals surface area contributed by atoms with Crippen LogP contribution in [0.3, 0.4) is 0 Å². The molecule has 0 spiro atoms. The molecule has 13 heavy (non-hydrogen) atoms. The van der Waals surface area contributed by atoms with Gasteiger partial charge in [-0.15, -0.1) is 11.6 Å². The first-order valence-corrected chi connectivity index (χ1v) is 5.17. The van der Waals surface area contributed by atoms with Gasteiger partial charge in [0, 0.05) is 18.3 Å². The van der Waals surface area contributed by atoms with Gasteiger partial charge in [0.05, 0.1) is 0 Å². The minimum absolute atomic E-state index is 0.378. The topological polar surface area (TPSA) is 12.9 Å². The van der Waals surface area contributed by atoms with E-state index in [-0.39, 0.29) is 0 Å². The summed E-state index contributed by atoms with van der Waals surface area (Å²) in [6.07, 6.45) is 3.71. The number of rotatable bonds is 2. The first-order valence-electron chi connectivity index (χ1n) is 4.64. The van der Waals surface area contributed by atoms with Gasteiger partial charge < -0.3 is 0 Å². The molecule has 2 unspecified atom stereocenters. The summed E-state index contributed by atoms with van der Waals surface area (Å²) in [6, 6.07) is 4.19. The van der Waals surface area contributed by atoms with E-state index in [0.717, 1.165) is 5.88 Å². The van der Waals surface area contributed by atoms with E-state index >= 15 is 0 Å². The van der Waals surface area contributed by atoms with Crippen LogP contribution in [0.1, 0.15) is 25.3 Å². The highest BCUT2D eigenvalue weighted by atomic mass is 35.5. The molecule has 1 saturated carbocycles. The van der Waals surface area contributed by atoms with Gasteiger partial charge in [-0.3, -0.25) is 4.98 Å². The number of hydrogen-bond donors (Lipinski definition) is 0. The second-order valence-corrected chi connectivity index (χ2v) is 4.65. The van der Waals surface area contributed by atoms with Crippen LogP contribution in [0.5, 0.6) is 0 Å². The number of aromatic nitrogens is 1. The molecule has 70 valence electrons. The number of alkyl halides is 1. The molecule has 0 aromatic carbocycles. The summed E-state index contributed by atoms with van der Waals surface area (Å²) in [5.74, 6) is 2.03. The monoisotopic (exact) mass is 195 g/mol. The molecule has 0 amide bonds. The van der Waals surface area contributed by atoms with Crippen molar-refractivity contribution in [1.82, 2.24) is 4.98 Å². The summed E-state index contributed by atoms with van der Waals surface area (Å²) in [7, 11) is 0. The zero-order valence-electron chi connectivity index (χ0n) is 8.00. The van der Waals surface area contributed by atoms with E-state index in [0.29, 0.717) is 17.3 Å². The molecule has 1 fully saturated rings. The Kier molecular flexibility index (Phi) is 2.07. The Morgan fingerprint density at radius 2 is 2.00 bits per heavy atom. The molecule has 1 aromatic heterocycles. The molecule has 0 radical (unpaired) electrons. The normalized spacial score (nSPS) is 30.1. The molecule has 1 heterocycles. The smallest absolute Gasteiger partial charge is 0.0270 e. The lowest BCUT2D eigenvalue weighted by Crippen LogP contribution is -1.90. The zero-order valence-corrected chi connectivity index (χ0v) is 8.75. The van der Waals surface area contributed by atoms with Gasteiger partial charge in [-0.25, -0.2) is 0 Å². The lowest BCUT2D eigenvalue weighted by Gasteiger charge is -2.01. The van der Waals surface area contributed by atoms with Crippen LogP contribution >= 0.6 is 11.6 Å². The summed E-state index contributed by atoms with van der Waals surface area (Å²) < 4.78 is 0. The van der Waals surface area contributed by atoms with E-state index in [2.05, 4.69) is 31.0 Å². The maximum absolute atomic E-state index is 5.91. The Bertz CT molecular complexity index is 294. The van der Waals surface area contributed by atoms with Crippen molar-refractivity contribution < 1.29 is 0 Å². The van der Waals surface area contributed by atoms with Crippen molar-refractivity contribution in [3.05, 3.63) is 30.1 Å². The van der Waals surface area contributed by atoms with E-state index < -0.39 is 0 Å². The van der Waals surface area contributed by atoms with Crippen molar-refractivity contribution >= 4 is 11.6 Å². The predicted octanol–water partition coefficient (Wildman–Crippen LogP) is 3.06. The third-order valence-electron chi connectivity index (χ3n) is 3.28. The second-order valence-electron chi connectivity index (χ2n) is 4.34.